The molecule has 1 N–H and O–H groups in total. The minimum Gasteiger partial charge on any atom is -0.494 e. The predicted octanol–water partition coefficient (Wildman–Crippen LogP) is 7.02. The van der Waals surface area contributed by atoms with Crippen molar-refractivity contribution in [3.8, 4) is 23.3 Å². The maximum Gasteiger partial charge on any atom is 0.506 e. The number of carbonyl (C=O) groups is 1. The van der Waals surface area contributed by atoms with Crippen molar-refractivity contribution in [2.45, 2.75) is 22.8 Å². The number of hydrogen-bond donors (Lipinski definition) is 1. The molecule has 4 rings (SSSR count). The van der Waals surface area contributed by atoms with Crippen LogP contribution in [0.5, 0.6) is 17.2 Å². The Morgan fingerprint density at radius 3 is 2.40 bits per heavy atom. The van der Waals surface area contributed by atoms with Gasteiger partial charge in [0.25, 0.3) is 0 Å². The molecule has 3 atom stereocenters. The third kappa shape index (κ3) is 4.47. The molecule has 1 aliphatic rings. The molecule has 0 heterocycles. The van der Waals surface area contributed by atoms with Crippen LogP contribution in [0.4, 0.5) is 9.18 Å². The lowest BCUT2D eigenvalue weighted by atomic mass is 9.91. The number of alkyl halides is 2. The Morgan fingerprint density at radius 2 is 1.80 bits per heavy atom. The molecule has 3 unspecified atom stereocenters. The first-order chi connectivity index (χ1) is 16.7. The van der Waals surface area contributed by atoms with Crippen molar-refractivity contribution in [1.29, 1.82) is 5.26 Å². The first kappa shape index (κ1) is 24.6. The number of halogens is 3. The van der Waals surface area contributed by atoms with Gasteiger partial charge in [-0.25, -0.2) is 9.18 Å². The smallest absolute Gasteiger partial charge is 0.494 e. The van der Waals surface area contributed by atoms with Crippen LogP contribution in [0.15, 0.2) is 72.8 Å². The van der Waals surface area contributed by atoms with Gasteiger partial charge in [-0.1, -0.05) is 59.6 Å². The number of carboxylic acid groups (broad SMARTS) is 1. The molecule has 35 heavy (non-hydrogen) atoms. The Bertz CT molecular complexity index is 1260. The molecular weight excluding hydrogens is 496 g/mol. The summed E-state index contributed by atoms with van der Waals surface area (Å²) < 4.78 is 29.1. The van der Waals surface area contributed by atoms with Gasteiger partial charge in [-0.2, -0.15) is 5.26 Å². The van der Waals surface area contributed by atoms with Crippen molar-refractivity contribution < 1.29 is 28.5 Å². The van der Waals surface area contributed by atoms with E-state index in [1.807, 2.05) is 6.92 Å². The highest BCUT2D eigenvalue weighted by Gasteiger charge is 2.83. The summed E-state index contributed by atoms with van der Waals surface area (Å²) in [5.74, 6) is -1.80. The maximum absolute atomic E-state index is 14.5. The van der Waals surface area contributed by atoms with Gasteiger partial charge in [-0.15, -0.1) is 0 Å². The second-order valence-corrected chi connectivity index (χ2v) is 9.26. The fourth-order valence-electron chi connectivity index (χ4n) is 4.26. The Morgan fingerprint density at radius 1 is 1.11 bits per heavy atom. The van der Waals surface area contributed by atoms with Crippen molar-refractivity contribution >= 4 is 29.4 Å². The van der Waals surface area contributed by atoms with E-state index in [-0.39, 0.29) is 5.75 Å². The number of rotatable bonds is 8. The highest BCUT2D eigenvalue weighted by Crippen LogP contribution is 2.74. The van der Waals surface area contributed by atoms with Crippen LogP contribution in [0.2, 0.25) is 0 Å². The van der Waals surface area contributed by atoms with Crippen LogP contribution in [0, 0.1) is 23.1 Å². The quantitative estimate of drug-likeness (QED) is 0.256. The van der Waals surface area contributed by atoms with Crippen molar-refractivity contribution in [2.24, 2.45) is 5.92 Å². The number of benzene rings is 3. The third-order valence-corrected chi connectivity index (χ3v) is 6.87. The SMILES string of the molecule is CCOc1ccc(C2(OC(=O)O)C(C(C#N)c3ccc(F)c(Oc4ccccc4)c3)C2(Cl)Cl)cc1. The molecule has 0 aromatic heterocycles. The fraction of sp³-hybridized carbons (Fsp3) is 0.231. The average molecular weight is 516 g/mol. The van der Waals surface area contributed by atoms with Crippen LogP contribution in [-0.4, -0.2) is 22.2 Å². The third-order valence-electron chi connectivity index (χ3n) is 5.84. The first-order valence-corrected chi connectivity index (χ1v) is 11.4. The molecule has 9 heteroatoms. The van der Waals surface area contributed by atoms with Crippen molar-refractivity contribution in [2.75, 3.05) is 6.61 Å². The van der Waals surface area contributed by atoms with Gasteiger partial charge in [-0.05, 0) is 54.4 Å². The molecule has 0 aliphatic heterocycles. The van der Waals surface area contributed by atoms with E-state index >= 15 is 0 Å². The molecule has 1 saturated carbocycles. The van der Waals surface area contributed by atoms with E-state index in [1.165, 1.54) is 18.2 Å². The van der Waals surface area contributed by atoms with Gasteiger partial charge in [0.2, 0.25) is 0 Å². The molecule has 1 fully saturated rings. The van der Waals surface area contributed by atoms with E-state index in [0.29, 0.717) is 29.2 Å². The monoisotopic (exact) mass is 515 g/mol. The molecule has 0 spiro atoms. The Labute approximate surface area is 211 Å². The lowest BCUT2D eigenvalue weighted by molar-refractivity contribution is 0.0268. The molecule has 3 aromatic carbocycles. The van der Waals surface area contributed by atoms with Gasteiger partial charge in [0, 0.05) is 0 Å². The minimum absolute atomic E-state index is 0.102. The summed E-state index contributed by atoms with van der Waals surface area (Å²) in [5, 5.41) is 19.6. The van der Waals surface area contributed by atoms with Crippen LogP contribution in [0.3, 0.4) is 0 Å². The number of nitriles is 1. The summed E-state index contributed by atoms with van der Waals surface area (Å²) in [6.45, 7) is 2.28. The van der Waals surface area contributed by atoms with Gasteiger partial charge >= 0.3 is 6.16 Å². The number of hydrogen-bond acceptors (Lipinski definition) is 5. The topological polar surface area (TPSA) is 88.8 Å². The van der Waals surface area contributed by atoms with Crippen molar-refractivity contribution in [3.05, 3.63) is 89.7 Å². The van der Waals surface area contributed by atoms with E-state index in [1.54, 1.807) is 54.6 Å². The van der Waals surface area contributed by atoms with E-state index < -0.39 is 33.7 Å². The highest BCUT2D eigenvalue weighted by molar-refractivity contribution is 6.52. The van der Waals surface area contributed by atoms with E-state index in [0.717, 1.165) is 0 Å². The van der Waals surface area contributed by atoms with Gasteiger partial charge in [0.1, 0.15) is 11.5 Å². The zero-order chi connectivity index (χ0) is 25.2. The standard InChI is InChI=1S/C26H20Cl2FNO5/c1-2-33-18-11-9-17(10-12-18)25(35-24(31)32)23(26(25,27)28)20(15-30)16-8-13-21(29)22(14-16)34-19-6-4-3-5-7-19/h3-14,20,23H,2H2,1H3,(H,31,32). The van der Waals surface area contributed by atoms with Crippen molar-refractivity contribution in [1.82, 2.24) is 0 Å². The Balaban J connectivity index is 1.73. The van der Waals surface area contributed by atoms with Crippen molar-refractivity contribution in [3.63, 3.8) is 0 Å². The maximum atomic E-state index is 14.5. The van der Waals surface area contributed by atoms with Gasteiger partial charge in [0.05, 0.1) is 24.5 Å². The molecule has 1 aliphatic carbocycles. The van der Waals surface area contributed by atoms with Gasteiger partial charge in [0.15, 0.2) is 21.5 Å². The molecule has 6 nitrogen and oxygen atoms in total. The summed E-state index contributed by atoms with van der Waals surface area (Å²) in [7, 11) is 0. The summed E-state index contributed by atoms with van der Waals surface area (Å²) in [6.07, 6.45) is -1.60. The average Bonchev–Trinajstić information content (AvgIpc) is 3.31. The number of para-hydroxylation sites is 1. The van der Waals surface area contributed by atoms with E-state index in [2.05, 4.69) is 6.07 Å². The molecule has 0 saturated heterocycles. The summed E-state index contributed by atoms with van der Waals surface area (Å²) in [5.41, 5.74) is -1.03. The van der Waals surface area contributed by atoms with Crippen LogP contribution in [0.25, 0.3) is 0 Å². The molecule has 0 amide bonds. The van der Waals surface area contributed by atoms with Gasteiger partial charge in [-0.3, -0.25) is 0 Å². The Hall–Kier alpha value is -3.47. The van der Waals surface area contributed by atoms with Crippen LogP contribution >= 0.6 is 23.2 Å². The zero-order valence-corrected chi connectivity index (χ0v) is 20.0. The Kier molecular flexibility index (Phi) is 6.79. The first-order valence-electron chi connectivity index (χ1n) is 10.7. The second kappa shape index (κ2) is 9.65. The highest BCUT2D eigenvalue weighted by atomic mass is 35.5. The van der Waals surface area contributed by atoms with Crippen LogP contribution in [0.1, 0.15) is 24.0 Å². The fourth-order valence-corrected chi connectivity index (χ4v) is 5.24. The minimum atomic E-state index is -1.77. The van der Waals surface area contributed by atoms with Crippen LogP contribution in [-0.2, 0) is 10.3 Å². The van der Waals surface area contributed by atoms with Crippen LogP contribution < -0.4 is 9.47 Å². The van der Waals surface area contributed by atoms with E-state index in [4.69, 9.17) is 37.4 Å². The second-order valence-electron chi connectivity index (χ2n) is 7.87. The molecular formula is C26H20Cl2FNO5. The molecule has 0 bridgehead atoms. The molecule has 0 radical (unpaired) electrons. The normalized spacial score (nSPS) is 20.8. The van der Waals surface area contributed by atoms with Gasteiger partial charge < -0.3 is 19.3 Å². The predicted molar refractivity (Wildman–Crippen MR) is 128 cm³/mol. The number of nitrogens with zero attached hydrogens (tertiary/aromatic N) is 1. The molecule has 180 valence electrons. The lowest BCUT2D eigenvalue weighted by Gasteiger charge is -2.20. The largest absolute Gasteiger partial charge is 0.506 e. The van der Waals surface area contributed by atoms with E-state index in [9.17, 15) is 19.6 Å². The number of ether oxygens (including phenoxy) is 3. The summed E-state index contributed by atoms with van der Waals surface area (Å²) in [6, 6.07) is 21.1. The summed E-state index contributed by atoms with van der Waals surface area (Å²) >= 11 is 13.2. The summed E-state index contributed by atoms with van der Waals surface area (Å²) in [4.78, 5) is 11.7. The lowest BCUT2D eigenvalue weighted by Crippen LogP contribution is -2.24. The molecule has 3 aromatic rings. The zero-order valence-electron chi connectivity index (χ0n) is 18.5.